The van der Waals surface area contributed by atoms with E-state index in [1.807, 2.05) is 0 Å². The lowest BCUT2D eigenvalue weighted by Crippen LogP contribution is -2.41. The first-order valence-corrected chi connectivity index (χ1v) is 6.82. The molecule has 1 aromatic carbocycles. The van der Waals surface area contributed by atoms with Crippen LogP contribution >= 0.6 is 17.0 Å². The molecule has 0 N–H and O–H groups in total. The number of piperidine rings is 1. The third-order valence-corrected chi connectivity index (χ3v) is 3.63. The Labute approximate surface area is 134 Å². The third kappa shape index (κ3) is 4.64. The van der Waals surface area contributed by atoms with Crippen LogP contribution in [-0.4, -0.2) is 35.1 Å². The minimum Gasteiger partial charge on any atom is -0.487 e. The highest BCUT2D eigenvalue weighted by Crippen LogP contribution is 2.26. The average Bonchev–Trinajstić information content (AvgIpc) is 2.41. The highest BCUT2D eigenvalue weighted by Gasteiger charge is 2.23. The van der Waals surface area contributed by atoms with Gasteiger partial charge in [0, 0.05) is 25.2 Å². The largest absolute Gasteiger partial charge is 0.487 e. The van der Waals surface area contributed by atoms with Gasteiger partial charge in [0.25, 0.3) is 5.69 Å². The van der Waals surface area contributed by atoms with Crippen LogP contribution in [0.4, 0.5) is 10.1 Å². The Morgan fingerprint density at radius 2 is 2.00 bits per heavy atom. The first-order valence-electron chi connectivity index (χ1n) is 6.82. The quantitative estimate of drug-likeness (QED) is 0.606. The molecular formula is C14H20BrFN2O3. The van der Waals surface area contributed by atoms with Gasteiger partial charge in [-0.2, -0.15) is 0 Å². The molecule has 0 saturated carbocycles. The molecule has 0 aromatic heterocycles. The van der Waals surface area contributed by atoms with E-state index in [1.165, 1.54) is 12.1 Å². The van der Waals surface area contributed by atoms with Gasteiger partial charge < -0.3 is 9.64 Å². The molecule has 21 heavy (non-hydrogen) atoms. The van der Waals surface area contributed by atoms with Crippen molar-refractivity contribution in [1.29, 1.82) is 0 Å². The molecule has 0 atom stereocenters. The number of nitrogens with zero attached hydrogens (tertiary/aromatic N) is 2. The van der Waals surface area contributed by atoms with Crippen LogP contribution in [0.2, 0.25) is 0 Å². The molecule has 1 aromatic rings. The number of hydrogen-bond acceptors (Lipinski definition) is 4. The van der Waals surface area contributed by atoms with Crippen molar-refractivity contribution in [3.05, 3.63) is 34.1 Å². The Morgan fingerprint density at radius 3 is 2.48 bits per heavy atom. The third-order valence-electron chi connectivity index (χ3n) is 3.63. The summed E-state index contributed by atoms with van der Waals surface area (Å²) in [5.41, 5.74) is -0.260. The summed E-state index contributed by atoms with van der Waals surface area (Å²) in [5.74, 6) is -0.580. The molecule has 5 nitrogen and oxygen atoms in total. The van der Waals surface area contributed by atoms with Crippen LogP contribution in [0.25, 0.3) is 0 Å². The maximum absolute atomic E-state index is 13.7. The van der Waals surface area contributed by atoms with Crippen molar-refractivity contribution in [2.24, 2.45) is 0 Å². The van der Waals surface area contributed by atoms with Gasteiger partial charge in [-0.3, -0.25) is 10.1 Å². The van der Waals surface area contributed by atoms with Crippen LogP contribution in [0.3, 0.4) is 0 Å². The van der Waals surface area contributed by atoms with Crippen molar-refractivity contribution in [3.63, 3.8) is 0 Å². The molecule has 0 bridgehead atoms. The summed E-state index contributed by atoms with van der Waals surface area (Å²) >= 11 is 0. The summed E-state index contributed by atoms with van der Waals surface area (Å²) in [6.45, 7) is 6.15. The molecule has 1 heterocycles. The minimum atomic E-state index is -0.675. The molecule has 1 saturated heterocycles. The summed E-state index contributed by atoms with van der Waals surface area (Å²) in [6.07, 6.45) is 1.66. The van der Waals surface area contributed by atoms with Crippen LogP contribution in [0.15, 0.2) is 18.2 Å². The van der Waals surface area contributed by atoms with Gasteiger partial charge in [0.05, 0.1) is 11.0 Å². The van der Waals surface area contributed by atoms with Crippen LogP contribution < -0.4 is 4.74 Å². The molecule has 1 aliphatic rings. The first kappa shape index (κ1) is 17.8. The van der Waals surface area contributed by atoms with Crippen LogP contribution in [-0.2, 0) is 0 Å². The maximum Gasteiger partial charge on any atom is 0.272 e. The van der Waals surface area contributed by atoms with E-state index in [2.05, 4.69) is 18.7 Å². The predicted molar refractivity (Wildman–Crippen MR) is 83.7 cm³/mol. The fraction of sp³-hybridized carbons (Fsp3) is 0.571. The number of non-ortho nitro benzene ring substituents is 1. The van der Waals surface area contributed by atoms with Crippen molar-refractivity contribution in [3.8, 4) is 5.75 Å². The number of likely N-dealkylation sites (tertiary alicyclic amines) is 1. The molecule has 0 unspecified atom stereocenters. The van der Waals surface area contributed by atoms with Gasteiger partial charge in [-0.25, -0.2) is 4.39 Å². The Kier molecular flexibility index (Phi) is 6.54. The van der Waals surface area contributed by atoms with E-state index in [0.717, 1.165) is 32.0 Å². The number of benzene rings is 1. The highest BCUT2D eigenvalue weighted by atomic mass is 79.9. The zero-order chi connectivity index (χ0) is 14.7. The second kappa shape index (κ2) is 7.70. The van der Waals surface area contributed by atoms with Crippen molar-refractivity contribution in [2.45, 2.75) is 38.8 Å². The average molecular weight is 363 g/mol. The molecule has 0 spiro atoms. The maximum atomic E-state index is 13.7. The van der Waals surface area contributed by atoms with E-state index in [9.17, 15) is 14.5 Å². The van der Waals surface area contributed by atoms with E-state index in [-0.39, 0.29) is 34.5 Å². The van der Waals surface area contributed by atoms with E-state index < -0.39 is 10.7 Å². The minimum absolute atomic E-state index is 0. The van der Waals surface area contributed by atoms with Crippen LogP contribution in [0.1, 0.15) is 26.7 Å². The fourth-order valence-corrected chi connectivity index (χ4v) is 2.39. The molecule has 0 amide bonds. The molecule has 0 radical (unpaired) electrons. The standard InChI is InChI=1S/C14H19FN2O3.BrH/c1-10(2)16-7-5-12(6-8-16)20-14-4-3-11(17(18)19)9-13(14)15;/h3-4,9-10,12H,5-8H2,1-2H3;1H. The molecule has 1 fully saturated rings. The molecule has 0 aliphatic carbocycles. The molecule has 2 rings (SSSR count). The van der Waals surface area contributed by atoms with Gasteiger partial charge in [0.1, 0.15) is 6.10 Å². The van der Waals surface area contributed by atoms with Crippen molar-refractivity contribution in [2.75, 3.05) is 13.1 Å². The lowest BCUT2D eigenvalue weighted by atomic mass is 10.1. The Hall–Kier alpha value is -1.21. The van der Waals surface area contributed by atoms with E-state index >= 15 is 0 Å². The van der Waals surface area contributed by atoms with E-state index in [1.54, 1.807) is 0 Å². The van der Waals surface area contributed by atoms with Gasteiger partial charge in [-0.1, -0.05) is 0 Å². The van der Waals surface area contributed by atoms with Crippen LogP contribution in [0.5, 0.6) is 5.75 Å². The Morgan fingerprint density at radius 1 is 1.38 bits per heavy atom. The second-order valence-corrected chi connectivity index (χ2v) is 5.32. The number of halogens is 2. The van der Waals surface area contributed by atoms with E-state index in [0.29, 0.717) is 6.04 Å². The summed E-state index contributed by atoms with van der Waals surface area (Å²) in [5, 5.41) is 10.5. The zero-order valence-electron chi connectivity index (χ0n) is 12.1. The van der Waals surface area contributed by atoms with Crippen molar-refractivity contribution < 1.29 is 14.1 Å². The summed E-state index contributed by atoms with van der Waals surface area (Å²) in [7, 11) is 0. The monoisotopic (exact) mass is 362 g/mol. The molecular weight excluding hydrogens is 343 g/mol. The van der Waals surface area contributed by atoms with Gasteiger partial charge in [-0.05, 0) is 32.8 Å². The van der Waals surface area contributed by atoms with Crippen molar-refractivity contribution >= 4 is 22.7 Å². The van der Waals surface area contributed by atoms with Crippen molar-refractivity contribution in [1.82, 2.24) is 4.90 Å². The lowest BCUT2D eigenvalue weighted by Gasteiger charge is -2.34. The smallest absolute Gasteiger partial charge is 0.272 e. The predicted octanol–water partition coefficient (Wildman–Crippen LogP) is 3.56. The highest BCUT2D eigenvalue weighted by molar-refractivity contribution is 8.93. The lowest BCUT2D eigenvalue weighted by molar-refractivity contribution is -0.385. The first-order chi connectivity index (χ1) is 9.47. The summed E-state index contributed by atoms with van der Waals surface area (Å²) < 4.78 is 19.4. The number of ether oxygens (including phenoxy) is 1. The molecule has 7 heteroatoms. The van der Waals surface area contributed by atoms with Gasteiger partial charge >= 0.3 is 0 Å². The van der Waals surface area contributed by atoms with Gasteiger partial charge in [0.15, 0.2) is 11.6 Å². The Balaban J connectivity index is 0.00000220. The summed E-state index contributed by atoms with van der Waals surface area (Å²) in [6, 6.07) is 4.01. The molecule has 118 valence electrons. The number of nitro benzene ring substituents is 1. The summed E-state index contributed by atoms with van der Waals surface area (Å²) in [4.78, 5) is 12.3. The Bertz CT molecular complexity index is 491. The van der Waals surface area contributed by atoms with E-state index in [4.69, 9.17) is 4.74 Å². The SMILES string of the molecule is Br.CC(C)N1CCC(Oc2ccc([N+](=O)[O-])cc2F)CC1. The topological polar surface area (TPSA) is 55.6 Å². The van der Waals surface area contributed by atoms with Gasteiger partial charge in [0.2, 0.25) is 0 Å². The molecule has 1 aliphatic heterocycles. The number of nitro groups is 1. The zero-order valence-corrected chi connectivity index (χ0v) is 13.8. The second-order valence-electron chi connectivity index (χ2n) is 5.32. The number of rotatable bonds is 4. The number of hydrogen-bond donors (Lipinski definition) is 0. The normalized spacial score (nSPS) is 16.6. The fourth-order valence-electron chi connectivity index (χ4n) is 2.39. The van der Waals surface area contributed by atoms with Gasteiger partial charge in [-0.15, -0.1) is 17.0 Å². The van der Waals surface area contributed by atoms with Crippen LogP contribution in [0, 0.1) is 15.9 Å².